The number of hydrogen-bond donors (Lipinski definition) is 1. The summed E-state index contributed by atoms with van der Waals surface area (Å²) in [5.41, 5.74) is 1.55. The first-order chi connectivity index (χ1) is 12.1. The van der Waals surface area contributed by atoms with Gasteiger partial charge in [-0.3, -0.25) is 9.59 Å². The van der Waals surface area contributed by atoms with Crippen LogP contribution in [0.2, 0.25) is 0 Å². The fourth-order valence-electron chi connectivity index (χ4n) is 2.68. The van der Waals surface area contributed by atoms with Crippen molar-refractivity contribution in [2.45, 2.75) is 24.2 Å². The number of rotatable bonds is 6. The molecule has 1 heterocycles. The molecule has 6 heteroatoms. The highest BCUT2D eigenvalue weighted by Crippen LogP contribution is 2.24. The summed E-state index contributed by atoms with van der Waals surface area (Å²) in [6.45, 7) is 0.748. The summed E-state index contributed by atoms with van der Waals surface area (Å²) < 4.78 is 13.5. The lowest BCUT2D eigenvalue weighted by Crippen LogP contribution is -2.23. The van der Waals surface area contributed by atoms with E-state index in [1.54, 1.807) is 35.2 Å². The normalized spacial score (nSPS) is 14.0. The second-order valence-corrected chi connectivity index (χ2v) is 6.91. The topological polar surface area (TPSA) is 49.4 Å². The Bertz CT molecular complexity index is 764. The Balaban J connectivity index is 1.48. The van der Waals surface area contributed by atoms with Crippen LogP contribution in [0.15, 0.2) is 53.4 Å². The van der Waals surface area contributed by atoms with E-state index in [0.717, 1.165) is 18.7 Å². The van der Waals surface area contributed by atoms with Crippen LogP contribution in [0.1, 0.15) is 19.3 Å². The van der Waals surface area contributed by atoms with Crippen molar-refractivity contribution in [3.05, 3.63) is 54.3 Å². The van der Waals surface area contributed by atoms with Crippen molar-refractivity contribution in [3.8, 4) is 0 Å². The van der Waals surface area contributed by atoms with E-state index >= 15 is 0 Å². The average Bonchev–Trinajstić information content (AvgIpc) is 3.03. The molecule has 2 aromatic carbocycles. The van der Waals surface area contributed by atoms with E-state index in [2.05, 4.69) is 5.32 Å². The molecule has 0 unspecified atom stereocenters. The van der Waals surface area contributed by atoms with E-state index in [4.69, 9.17) is 0 Å². The van der Waals surface area contributed by atoms with Gasteiger partial charge in [0.05, 0.1) is 0 Å². The predicted molar refractivity (Wildman–Crippen MR) is 98.4 cm³/mol. The number of carbonyl (C=O) groups is 2. The minimum Gasteiger partial charge on any atom is -0.326 e. The lowest BCUT2D eigenvalue weighted by atomic mass is 10.2. The minimum atomic E-state index is -0.264. The third-order valence-electron chi connectivity index (χ3n) is 3.96. The van der Waals surface area contributed by atoms with E-state index in [-0.39, 0.29) is 17.6 Å². The summed E-state index contributed by atoms with van der Waals surface area (Å²) in [7, 11) is 0. The van der Waals surface area contributed by atoms with Gasteiger partial charge in [0.2, 0.25) is 11.8 Å². The molecule has 0 radical (unpaired) electrons. The van der Waals surface area contributed by atoms with Crippen LogP contribution >= 0.6 is 11.8 Å². The molecule has 1 aliphatic rings. The van der Waals surface area contributed by atoms with Gasteiger partial charge >= 0.3 is 0 Å². The molecule has 25 heavy (non-hydrogen) atoms. The lowest BCUT2D eigenvalue weighted by Gasteiger charge is -2.16. The number of benzene rings is 2. The first-order valence-corrected chi connectivity index (χ1v) is 9.19. The molecular formula is C19H19FN2O2S. The van der Waals surface area contributed by atoms with Crippen LogP contribution in [0.25, 0.3) is 0 Å². The van der Waals surface area contributed by atoms with Gasteiger partial charge in [-0.15, -0.1) is 11.8 Å². The van der Waals surface area contributed by atoms with Gasteiger partial charge < -0.3 is 10.2 Å². The number of anilines is 2. The van der Waals surface area contributed by atoms with Crippen molar-refractivity contribution in [2.24, 2.45) is 0 Å². The van der Waals surface area contributed by atoms with E-state index in [1.165, 1.54) is 17.8 Å². The molecule has 1 saturated heterocycles. The predicted octanol–water partition coefficient (Wildman–Crippen LogP) is 4.07. The van der Waals surface area contributed by atoms with Crippen molar-refractivity contribution in [1.29, 1.82) is 0 Å². The maximum atomic E-state index is 13.5. The Morgan fingerprint density at radius 2 is 1.92 bits per heavy atom. The number of nitrogens with one attached hydrogen (secondary N) is 1. The summed E-state index contributed by atoms with van der Waals surface area (Å²) >= 11 is 1.33. The van der Waals surface area contributed by atoms with Crippen molar-refractivity contribution in [2.75, 3.05) is 22.5 Å². The maximum Gasteiger partial charge on any atom is 0.227 e. The molecule has 130 valence electrons. The summed E-state index contributed by atoms with van der Waals surface area (Å²) in [6.07, 6.45) is 1.78. The van der Waals surface area contributed by atoms with Crippen LogP contribution in [-0.4, -0.2) is 24.1 Å². The van der Waals surface area contributed by atoms with Crippen molar-refractivity contribution >= 4 is 35.0 Å². The van der Waals surface area contributed by atoms with Gasteiger partial charge in [0.15, 0.2) is 0 Å². The molecule has 0 bridgehead atoms. The summed E-state index contributed by atoms with van der Waals surface area (Å²) in [6, 6.07) is 13.8. The SMILES string of the molecule is O=C(CCSc1ccccc1F)Nc1ccc(N2CCCC2=O)cc1. The number of halogens is 1. The molecule has 2 aromatic rings. The second kappa shape index (κ2) is 8.16. The number of hydrogen-bond acceptors (Lipinski definition) is 3. The Hall–Kier alpha value is -2.34. The van der Waals surface area contributed by atoms with Gasteiger partial charge in [-0.1, -0.05) is 12.1 Å². The Labute approximate surface area is 150 Å². The van der Waals surface area contributed by atoms with Gasteiger partial charge in [0.1, 0.15) is 5.82 Å². The highest BCUT2D eigenvalue weighted by atomic mass is 32.2. The van der Waals surface area contributed by atoms with E-state index in [1.807, 2.05) is 12.1 Å². The highest BCUT2D eigenvalue weighted by Gasteiger charge is 2.21. The molecule has 2 amide bonds. The minimum absolute atomic E-state index is 0.117. The zero-order chi connectivity index (χ0) is 17.6. The van der Waals surface area contributed by atoms with E-state index < -0.39 is 0 Å². The summed E-state index contributed by atoms with van der Waals surface area (Å²) in [5.74, 6) is 0.267. The molecule has 0 atom stereocenters. The first kappa shape index (κ1) is 17.5. The van der Waals surface area contributed by atoms with Gasteiger partial charge in [-0.2, -0.15) is 0 Å². The fraction of sp³-hybridized carbons (Fsp3) is 0.263. The van der Waals surface area contributed by atoms with Crippen LogP contribution in [0, 0.1) is 5.82 Å². The van der Waals surface area contributed by atoms with E-state index in [0.29, 0.717) is 29.2 Å². The highest BCUT2D eigenvalue weighted by molar-refractivity contribution is 7.99. The van der Waals surface area contributed by atoms with Gasteiger partial charge in [0.25, 0.3) is 0 Å². The molecule has 1 fully saturated rings. The zero-order valence-corrected chi connectivity index (χ0v) is 14.5. The molecule has 0 aromatic heterocycles. The molecule has 0 aliphatic carbocycles. The Morgan fingerprint density at radius 3 is 2.60 bits per heavy atom. The van der Waals surface area contributed by atoms with Crippen LogP contribution in [0.5, 0.6) is 0 Å². The van der Waals surface area contributed by atoms with Crippen LogP contribution < -0.4 is 10.2 Å². The summed E-state index contributed by atoms with van der Waals surface area (Å²) in [4.78, 5) is 26.0. The second-order valence-electron chi connectivity index (χ2n) is 5.77. The maximum absolute atomic E-state index is 13.5. The van der Waals surface area contributed by atoms with Crippen LogP contribution in [-0.2, 0) is 9.59 Å². The molecule has 1 N–H and O–H groups in total. The van der Waals surface area contributed by atoms with Gasteiger partial charge in [-0.25, -0.2) is 4.39 Å². The molecular weight excluding hydrogens is 339 g/mol. The smallest absolute Gasteiger partial charge is 0.227 e. The molecule has 0 spiro atoms. The van der Waals surface area contributed by atoms with E-state index in [9.17, 15) is 14.0 Å². The third-order valence-corrected chi connectivity index (χ3v) is 5.01. The number of thioether (sulfide) groups is 1. The first-order valence-electron chi connectivity index (χ1n) is 8.21. The third kappa shape index (κ3) is 4.60. The van der Waals surface area contributed by atoms with Crippen molar-refractivity contribution < 1.29 is 14.0 Å². The number of carbonyl (C=O) groups excluding carboxylic acids is 2. The monoisotopic (exact) mass is 358 g/mol. The van der Waals surface area contributed by atoms with Crippen LogP contribution in [0.3, 0.4) is 0 Å². The quantitative estimate of drug-likeness (QED) is 0.792. The molecule has 4 nitrogen and oxygen atoms in total. The molecule has 3 rings (SSSR count). The number of nitrogens with zero attached hydrogens (tertiary/aromatic N) is 1. The lowest BCUT2D eigenvalue weighted by molar-refractivity contribution is -0.117. The standard InChI is InChI=1S/C19H19FN2O2S/c20-16-4-1-2-5-17(16)25-13-11-18(23)21-14-7-9-15(10-8-14)22-12-3-6-19(22)24/h1-2,4-5,7-10H,3,6,11-13H2,(H,21,23). The molecule has 0 saturated carbocycles. The fourth-order valence-corrected chi connectivity index (χ4v) is 3.57. The summed E-state index contributed by atoms with van der Waals surface area (Å²) in [5, 5.41) is 2.82. The average molecular weight is 358 g/mol. The zero-order valence-electron chi connectivity index (χ0n) is 13.7. The van der Waals surface area contributed by atoms with Gasteiger partial charge in [-0.05, 0) is 42.8 Å². The van der Waals surface area contributed by atoms with Crippen molar-refractivity contribution in [1.82, 2.24) is 0 Å². The molecule has 1 aliphatic heterocycles. The Morgan fingerprint density at radius 1 is 1.16 bits per heavy atom. The van der Waals surface area contributed by atoms with Crippen LogP contribution in [0.4, 0.5) is 15.8 Å². The van der Waals surface area contributed by atoms with Crippen molar-refractivity contribution in [3.63, 3.8) is 0 Å². The van der Waals surface area contributed by atoms with Gasteiger partial charge in [0, 0.05) is 41.4 Å². The Kier molecular flexibility index (Phi) is 5.71. The number of amides is 2. The largest absolute Gasteiger partial charge is 0.326 e.